The van der Waals surface area contributed by atoms with E-state index < -0.39 is 41.1 Å². The van der Waals surface area contributed by atoms with Gasteiger partial charge in [-0.15, -0.1) is 0 Å². The molecular formula is C23H19F3N4O4. The highest BCUT2D eigenvalue weighted by Gasteiger charge is 2.31. The lowest BCUT2D eigenvalue weighted by atomic mass is 10.0. The van der Waals surface area contributed by atoms with Crippen LogP contribution in [-0.4, -0.2) is 27.3 Å². The fraction of sp³-hybridized carbons (Fsp3) is 0.261. The quantitative estimate of drug-likeness (QED) is 0.568. The summed E-state index contributed by atoms with van der Waals surface area (Å²) in [4.78, 5) is 54.1. The molecule has 11 heteroatoms. The van der Waals surface area contributed by atoms with Gasteiger partial charge in [-0.3, -0.25) is 29.1 Å². The summed E-state index contributed by atoms with van der Waals surface area (Å²) in [5.41, 5.74) is -0.531. The molecule has 1 aromatic heterocycles. The molecule has 0 bridgehead atoms. The normalized spacial score (nSPS) is 16.4. The number of hydrogen-bond donors (Lipinski definition) is 2. The Morgan fingerprint density at radius 2 is 1.85 bits per heavy atom. The zero-order valence-electron chi connectivity index (χ0n) is 17.9. The summed E-state index contributed by atoms with van der Waals surface area (Å²) >= 11 is 0. The highest BCUT2D eigenvalue weighted by Crippen LogP contribution is 2.29. The molecule has 0 saturated carbocycles. The Balaban J connectivity index is 1.63. The van der Waals surface area contributed by atoms with E-state index >= 15 is 0 Å². The smallest absolute Gasteiger partial charge is 0.348 e. The number of nitrogens with one attached hydrogen (secondary N) is 2. The summed E-state index contributed by atoms with van der Waals surface area (Å²) in [7, 11) is 0. The van der Waals surface area contributed by atoms with Crippen molar-refractivity contribution in [3.8, 4) is 0 Å². The second kappa shape index (κ2) is 8.73. The van der Waals surface area contributed by atoms with Crippen molar-refractivity contribution in [1.29, 1.82) is 0 Å². The van der Waals surface area contributed by atoms with Crippen LogP contribution < -0.4 is 16.2 Å². The van der Waals surface area contributed by atoms with Crippen LogP contribution in [0.25, 0.3) is 10.9 Å². The average Bonchev–Trinajstić information content (AvgIpc) is 2.78. The van der Waals surface area contributed by atoms with Gasteiger partial charge in [0.2, 0.25) is 11.8 Å². The van der Waals surface area contributed by atoms with E-state index in [1.807, 2.05) is 0 Å². The van der Waals surface area contributed by atoms with E-state index in [1.165, 1.54) is 4.57 Å². The van der Waals surface area contributed by atoms with Gasteiger partial charge in [-0.2, -0.15) is 13.2 Å². The Bertz CT molecular complexity index is 1360. The second-order valence-corrected chi connectivity index (χ2v) is 7.87. The fourth-order valence-corrected chi connectivity index (χ4v) is 3.95. The number of carbonyl (C=O) groups excluding carboxylic acids is 3. The Morgan fingerprint density at radius 3 is 2.50 bits per heavy atom. The minimum Gasteiger partial charge on any atom is -0.348 e. The van der Waals surface area contributed by atoms with Gasteiger partial charge in [0.25, 0.3) is 11.5 Å². The minimum absolute atomic E-state index is 0.0307. The summed E-state index contributed by atoms with van der Waals surface area (Å²) in [6.07, 6.45) is -4.26. The van der Waals surface area contributed by atoms with Crippen molar-refractivity contribution in [1.82, 2.24) is 20.2 Å². The maximum Gasteiger partial charge on any atom is 0.416 e. The Hall–Kier alpha value is -4.02. The van der Waals surface area contributed by atoms with E-state index in [4.69, 9.17) is 0 Å². The van der Waals surface area contributed by atoms with Crippen molar-refractivity contribution in [3.63, 3.8) is 0 Å². The summed E-state index contributed by atoms with van der Waals surface area (Å²) in [6, 6.07) is 7.78. The first-order valence-corrected chi connectivity index (χ1v) is 10.4. The maximum absolute atomic E-state index is 13.4. The lowest BCUT2D eigenvalue weighted by molar-refractivity contribution is -0.138. The first-order chi connectivity index (χ1) is 16.1. The van der Waals surface area contributed by atoms with E-state index in [9.17, 15) is 32.3 Å². The standard InChI is InChI=1S/C23H19F3N4O4/c1-12-28-16-4-2-3-14(11-27-20(32)13-5-7-15(8-6-13)23(24,25)26)19(16)22(34)30(12)17-9-10-18(31)29-21(17)33/h2-8,17H,9-11H2,1H3,(H,27,32)(H,29,31,33). The molecule has 1 aliphatic rings. The lowest BCUT2D eigenvalue weighted by Crippen LogP contribution is -2.45. The molecular weight excluding hydrogens is 453 g/mol. The zero-order valence-corrected chi connectivity index (χ0v) is 17.9. The number of aryl methyl sites for hydroxylation is 1. The number of rotatable bonds is 4. The fourth-order valence-electron chi connectivity index (χ4n) is 3.95. The largest absolute Gasteiger partial charge is 0.416 e. The predicted molar refractivity (Wildman–Crippen MR) is 115 cm³/mol. The van der Waals surface area contributed by atoms with Crippen molar-refractivity contribution >= 4 is 28.6 Å². The first-order valence-electron chi connectivity index (χ1n) is 10.4. The zero-order chi connectivity index (χ0) is 24.6. The molecule has 4 rings (SSSR count). The van der Waals surface area contributed by atoms with Crippen molar-refractivity contribution < 1.29 is 27.6 Å². The molecule has 0 radical (unpaired) electrons. The third-order valence-corrected chi connectivity index (χ3v) is 5.63. The Morgan fingerprint density at radius 1 is 1.15 bits per heavy atom. The summed E-state index contributed by atoms with van der Waals surface area (Å²) < 4.78 is 39.4. The van der Waals surface area contributed by atoms with E-state index in [-0.39, 0.29) is 30.3 Å². The highest BCUT2D eigenvalue weighted by atomic mass is 19.4. The maximum atomic E-state index is 13.4. The molecule has 1 saturated heterocycles. The number of fused-ring (bicyclic) bond motifs is 1. The summed E-state index contributed by atoms with van der Waals surface area (Å²) in [6.45, 7) is 1.50. The molecule has 176 valence electrons. The Labute approximate surface area is 190 Å². The van der Waals surface area contributed by atoms with Gasteiger partial charge >= 0.3 is 6.18 Å². The topological polar surface area (TPSA) is 110 Å². The molecule has 1 atom stereocenters. The van der Waals surface area contributed by atoms with Crippen LogP contribution in [0.2, 0.25) is 0 Å². The van der Waals surface area contributed by atoms with Gasteiger partial charge in [0, 0.05) is 18.5 Å². The average molecular weight is 472 g/mol. The van der Waals surface area contributed by atoms with Gasteiger partial charge in [0.05, 0.1) is 16.5 Å². The van der Waals surface area contributed by atoms with E-state index in [1.54, 1.807) is 25.1 Å². The molecule has 1 aliphatic heterocycles. The predicted octanol–water partition coefficient (Wildman–Crippen LogP) is 2.63. The monoisotopic (exact) mass is 472 g/mol. The number of hydrogen-bond acceptors (Lipinski definition) is 5. The molecule has 34 heavy (non-hydrogen) atoms. The van der Waals surface area contributed by atoms with E-state index in [0.717, 1.165) is 24.3 Å². The van der Waals surface area contributed by atoms with Crippen LogP contribution in [0.5, 0.6) is 0 Å². The van der Waals surface area contributed by atoms with Crippen molar-refractivity contribution in [2.45, 2.75) is 38.5 Å². The SMILES string of the molecule is Cc1nc2cccc(CNC(=O)c3ccc(C(F)(F)F)cc3)c2c(=O)n1C1CCC(=O)NC1=O. The van der Waals surface area contributed by atoms with Gasteiger partial charge in [-0.05, 0) is 49.2 Å². The molecule has 0 spiro atoms. The van der Waals surface area contributed by atoms with Crippen molar-refractivity contribution in [3.05, 3.63) is 75.3 Å². The number of carbonyl (C=O) groups is 3. The van der Waals surface area contributed by atoms with Gasteiger partial charge in [0.15, 0.2) is 0 Å². The van der Waals surface area contributed by atoms with E-state index in [0.29, 0.717) is 16.9 Å². The third kappa shape index (κ3) is 4.41. The summed E-state index contributed by atoms with van der Waals surface area (Å²) in [5, 5.41) is 5.02. The van der Waals surface area contributed by atoms with Crippen LogP contribution in [0.3, 0.4) is 0 Å². The van der Waals surface area contributed by atoms with Crippen LogP contribution in [-0.2, 0) is 22.3 Å². The molecule has 0 aliphatic carbocycles. The van der Waals surface area contributed by atoms with Crippen LogP contribution in [0.1, 0.15) is 46.2 Å². The van der Waals surface area contributed by atoms with Crippen LogP contribution >= 0.6 is 0 Å². The van der Waals surface area contributed by atoms with Crippen LogP contribution in [0.15, 0.2) is 47.3 Å². The minimum atomic E-state index is -4.51. The number of alkyl halides is 3. The van der Waals surface area contributed by atoms with Gasteiger partial charge < -0.3 is 5.32 Å². The molecule has 2 N–H and O–H groups in total. The molecule has 8 nitrogen and oxygen atoms in total. The van der Waals surface area contributed by atoms with Gasteiger partial charge in [0.1, 0.15) is 11.9 Å². The summed E-state index contributed by atoms with van der Waals surface area (Å²) in [5.74, 6) is -1.31. The molecule has 2 aromatic carbocycles. The number of imide groups is 1. The molecule has 1 unspecified atom stereocenters. The van der Waals surface area contributed by atoms with Crippen LogP contribution in [0, 0.1) is 6.92 Å². The number of amides is 3. The van der Waals surface area contributed by atoms with E-state index in [2.05, 4.69) is 15.6 Å². The molecule has 2 heterocycles. The third-order valence-electron chi connectivity index (χ3n) is 5.63. The van der Waals surface area contributed by atoms with Crippen LogP contribution in [0.4, 0.5) is 13.2 Å². The second-order valence-electron chi connectivity index (χ2n) is 7.87. The number of halogens is 3. The van der Waals surface area contributed by atoms with Gasteiger partial charge in [-0.25, -0.2) is 4.98 Å². The molecule has 3 amide bonds. The van der Waals surface area contributed by atoms with Crippen molar-refractivity contribution in [2.75, 3.05) is 0 Å². The number of nitrogens with zero attached hydrogens (tertiary/aromatic N) is 2. The molecule has 1 fully saturated rings. The lowest BCUT2D eigenvalue weighted by Gasteiger charge is -2.24. The number of benzene rings is 2. The Kier molecular flexibility index (Phi) is 5.94. The van der Waals surface area contributed by atoms with Gasteiger partial charge in [-0.1, -0.05) is 12.1 Å². The van der Waals surface area contributed by atoms with Crippen molar-refractivity contribution in [2.24, 2.45) is 0 Å². The molecule has 3 aromatic rings. The number of aromatic nitrogens is 2. The number of piperidine rings is 1. The first kappa shape index (κ1) is 23.1. The highest BCUT2D eigenvalue weighted by molar-refractivity contribution is 5.99.